The van der Waals surface area contributed by atoms with Gasteiger partial charge in [0, 0.05) is 28.6 Å². The molecule has 0 aliphatic carbocycles. The average molecular weight is 378 g/mol. The summed E-state index contributed by atoms with van der Waals surface area (Å²) in [6.45, 7) is 4.03. The highest BCUT2D eigenvalue weighted by Gasteiger charge is 2.31. The zero-order chi connectivity index (χ0) is 19.0. The topological polar surface area (TPSA) is 45.2 Å². The molecule has 4 rings (SSSR count). The van der Waals surface area contributed by atoms with Crippen molar-refractivity contribution < 1.29 is 4.79 Å². The molecular formula is C22H20ClN3O. The first-order chi connectivity index (χ1) is 13.0. The Hall–Kier alpha value is -2.85. The highest BCUT2D eigenvalue weighted by atomic mass is 35.5. The second-order valence-corrected chi connectivity index (χ2v) is 7.26. The third kappa shape index (κ3) is 3.28. The third-order valence-electron chi connectivity index (χ3n) is 4.96. The van der Waals surface area contributed by atoms with Gasteiger partial charge >= 0.3 is 0 Å². The van der Waals surface area contributed by atoms with Crippen LogP contribution >= 0.6 is 11.6 Å². The van der Waals surface area contributed by atoms with Gasteiger partial charge in [-0.1, -0.05) is 35.9 Å². The minimum absolute atomic E-state index is 0.0357. The lowest BCUT2D eigenvalue weighted by atomic mass is 10.1. The predicted octanol–water partition coefficient (Wildman–Crippen LogP) is 5.38. The Bertz CT molecular complexity index is 1020. The Morgan fingerprint density at radius 1 is 1.19 bits per heavy atom. The summed E-state index contributed by atoms with van der Waals surface area (Å²) in [6.07, 6.45) is 4.19. The van der Waals surface area contributed by atoms with E-state index >= 15 is 0 Å². The molecule has 0 fully saturated rings. The van der Waals surface area contributed by atoms with E-state index in [4.69, 9.17) is 11.6 Å². The van der Waals surface area contributed by atoms with Crippen molar-refractivity contribution in [3.63, 3.8) is 0 Å². The van der Waals surface area contributed by atoms with E-state index in [1.54, 1.807) is 12.4 Å². The molecule has 0 saturated heterocycles. The van der Waals surface area contributed by atoms with Gasteiger partial charge in [-0.2, -0.15) is 0 Å². The molecule has 0 saturated carbocycles. The molecule has 1 aliphatic heterocycles. The maximum atomic E-state index is 13.2. The lowest BCUT2D eigenvalue weighted by molar-refractivity contribution is 0.0981. The van der Waals surface area contributed by atoms with E-state index in [0.29, 0.717) is 10.6 Å². The van der Waals surface area contributed by atoms with Crippen molar-refractivity contribution in [2.24, 2.45) is 0 Å². The van der Waals surface area contributed by atoms with Crippen molar-refractivity contribution in [3.8, 4) is 0 Å². The van der Waals surface area contributed by atoms with Crippen LogP contribution in [0.3, 0.4) is 0 Å². The number of nitrogens with zero attached hydrogens (tertiary/aromatic N) is 2. The van der Waals surface area contributed by atoms with Crippen LogP contribution in [0.5, 0.6) is 0 Å². The van der Waals surface area contributed by atoms with Crippen LogP contribution in [0.25, 0.3) is 0 Å². The van der Waals surface area contributed by atoms with E-state index in [2.05, 4.69) is 23.3 Å². The van der Waals surface area contributed by atoms with Crippen molar-refractivity contribution in [2.45, 2.75) is 26.3 Å². The zero-order valence-electron chi connectivity index (χ0n) is 15.2. The van der Waals surface area contributed by atoms with Crippen molar-refractivity contribution in [3.05, 3.63) is 82.6 Å². The predicted molar refractivity (Wildman–Crippen MR) is 110 cm³/mol. The first kappa shape index (κ1) is 17.6. The first-order valence-corrected chi connectivity index (χ1v) is 9.31. The molecule has 1 N–H and O–H groups in total. The van der Waals surface area contributed by atoms with E-state index in [0.717, 1.165) is 29.0 Å². The highest BCUT2D eigenvalue weighted by Crippen LogP contribution is 2.33. The van der Waals surface area contributed by atoms with E-state index in [1.807, 2.05) is 54.3 Å². The SMILES string of the molecule is Cc1c(Cl)cccc1Nc1cncc(C(=O)N2c3ccccc3CC2C)c1. The number of hydrogen-bond donors (Lipinski definition) is 1. The summed E-state index contributed by atoms with van der Waals surface area (Å²) in [5.74, 6) is -0.0357. The highest BCUT2D eigenvalue weighted by molar-refractivity contribution is 6.31. The van der Waals surface area contributed by atoms with Gasteiger partial charge in [0.2, 0.25) is 0 Å². The molecule has 2 aromatic carbocycles. The summed E-state index contributed by atoms with van der Waals surface area (Å²) in [6, 6.07) is 15.7. The smallest absolute Gasteiger partial charge is 0.260 e. The number of aromatic nitrogens is 1. The molecule has 2 heterocycles. The molecule has 1 atom stereocenters. The van der Waals surface area contributed by atoms with Gasteiger partial charge in [-0.05, 0) is 55.7 Å². The minimum atomic E-state index is -0.0357. The zero-order valence-corrected chi connectivity index (χ0v) is 16.0. The number of carbonyl (C=O) groups is 1. The van der Waals surface area contributed by atoms with Crippen LogP contribution in [0.1, 0.15) is 28.4 Å². The fourth-order valence-electron chi connectivity index (χ4n) is 3.54. The standard InChI is InChI=1S/C22H20ClN3O/c1-14-10-16-6-3-4-9-21(16)26(14)22(27)17-11-18(13-24-12-17)25-20-8-5-7-19(23)15(20)2/h3-9,11-14,25H,10H2,1-2H3. The molecule has 4 nitrogen and oxygen atoms in total. The molecule has 0 bridgehead atoms. The number of hydrogen-bond acceptors (Lipinski definition) is 3. The number of anilines is 3. The minimum Gasteiger partial charge on any atom is -0.354 e. The summed E-state index contributed by atoms with van der Waals surface area (Å²) in [5.41, 5.74) is 5.36. The van der Waals surface area contributed by atoms with E-state index in [1.165, 1.54) is 5.56 Å². The molecular weight excluding hydrogens is 358 g/mol. The number of fused-ring (bicyclic) bond motifs is 1. The Kier molecular flexibility index (Phi) is 4.58. The summed E-state index contributed by atoms with van der Waals surface area (Å²) in [5, 5.41) is 4.01. The second-order valence-electron chi connectivity index (χ2n) is 6.86. The normalized spacial score (nSPS) is 15.5. The number of carbonyl (C=O) groups excluding carboxylic acids is 1. The molecule has 3 aromatic rings. The van der Waals surface area contributed by atoms with Crippen molar-refractivity contribution in [1.82, 2.24) is 4.98 Å². The van der Waals surface area contributed by atoms with Gasteiger partial charge in [0.05, 0.1) is 17.4 Å². The number of benzene rings is 2. The number of halogens is 1. The van der Waals surface area contributed by atoms with Crippen molar-refractivity contribution in [1.29, 1.82) is 0 Å². The van der Waals surface area contributed by atoms with Crippen LogP contribution in [-0.4, -0.2) is 16.9 Å². The quantitative estimate of drug-likeness (QED) is 0.666. The molecule has 5 heteroatoms. The number of para-hydroxylation sites is 1. The number of amides is 1. The van der Waals surface area contributed by atoms with Gasteiger partial charge in [0.25, 0.3) is 5.91 Å². The Morgan fingerprint density at radius 2 is 2.00 bits per heavy atom. The number of nitrogens with one attached hydrogen (secondary N) is 1. The van der Waals surface area contributed by atoms with Gasteiger partial charge in [-0.25, -0.2) is 0 Å². The fourth-order valence-corrected chi connectivity index (χ4v) is 3.71. The van der Waals surface area contributed by atoms with Gasteiger partial charge < -0.3 is 10.2 Å². The first-order valence-electron chi connectivity index (χ1n) is 8.93. The van der Waals surface area contributed by atoms with Crippen LogP contribution in [0.4, 0.5) is 17.1 Å². The molecule has 136 valence electrons. The molecule has 1 aliphatic rings. The van der Waals surface area contributed by atoms with Gasteiger partial charge in [0.15, 0.2) is 0 Å². The Labute approximate surface area is 163 Å². The van der Waals surface area contributed by atoms with Crippen LogP contribution < -0.4 is 10.2 Å². The van der Waals surface area contributed by atoms with Crippen LogP contribution in [0, 0.1) is 6.92 Å². The lowest BCUT2D eigenvalue weighted by Gasteiger charge is -2.23. The summed E-state index contributed by atoms with van der Waals surface area (Å²) in [7, 11) is 0. The largest absolute Gasteiger partial charge is 0.354 e. The monoisotopic (exact) mass is 377 g/mol. The average Bonchev–Trinajstić information content (AvgIpc) is 3.01. The summed E-state index contributed by atoms with van der Waals surface area (Å²) in [4.78, 5) is 19.3. The maximum Gasteiger partial charge on any atom is 0.260 e. The summed E-state index contributed by atoms with van der Waals surface area (Å²) < 4.78 is 0. The van der Waals surface area contributed by atoms with E-state index in [9.17, 15) is 4.79 Å². The summed E-state index contributed by atoms with van der Waals surface area (Å²) >= 11 is 6.20. The Balaban J connectivity index is 1.63. The molecule has 27 heavy (non-hydrogen) atoms. The van der Waals surface area contributed by atoms with Crippen molar-refractivity contribution in [2.75, 3.05) is 10.2 Å². The molecule has 1 aromatic heterocycles. The lowest BCUT2D eigenvalue weighted by Crippen LogP contribution is -2.35. The Morgan fingerprint density at radius 3 is 2.85 bits per heavy atom. The molecule has 0 radical (unpaired) electrons. The van der Waals surface area contributed by atoms with E-state index < -0.39 is 0 Å². The molecule has 0 spiro atoms. The van der Waals surface area contributed by atoms with Gasteiger partial charge in [0.1, 0.15) is 0 Å². The maximum absolute atomic E-state index is 13.2. The van der Waals surface area contributed by atoms with Crippen LogP contribution in [0.15, 0.2) is 60.9 Å². The van der Waals surface area contributed by atoms with Gasteiger partial charge in [-0.3, -0.25) is 9.78 Å². The fraction of sp³-hybridized carbons (Fsp3) is 0.182. The molecule has 1 unspecified atom stereocenters. The van der Waals surface area contributed by atoms with Crippen molar-refractivity contribution >= 4 is 34.6 Å². The number of rotatable bonds is 3. The molecule has 1 amide bonds. The van der Waals surface area contributed by atoms with Crippen LogP contribution in [0.2, 0.25) is 5.02 Å². The van der Waals surface area contributed by atoms with E-state index in [-0.39, 0.29) is 11.9 Å². The second kappa shape index (κ2) is 7.05. The number of pyridine rings is 1. The van der Waals surface area contributed by atoms with Crippen LogP contribution in [-0.2, 0) is 6.42 Å². The van der Waals surface area contributed by atoms with Gasteiger partial charge in [-0.15, -0.1) is 0 Å². The third-order valence-corrected chi connectivity index (χ3v) is 5.37.